The van der Waals surface area contributed by atoms with Gasteiger partial charge in [-0.25, -0.2) is 9.37 Å². The molecule has 0 aliphatic rings. The molecule has 1 aromatic heterocycles. The molecule has 0 saturated carbocycles. The molecule has 0 saturated heterocycles. The van der Waals surface area contributed by atoms with Crippen LogP contribution in [-0.4, -0.2) is 30.9 Å². The smallest absolute Gasteiger partial charge is 0.165 e. The number of nitrogens with one attached hydrogen (secondary N) is 1. The Morgan fingerprint density at radius 2 is 2.10 bits per heavy atom. The van der Waals surface area contributed by atoms with Crippen LogP contribution in [0.15, 0.2) is 36.5 Å². The highest BCUT2D eigenvalue weighted by Crippen LogP contribution is 2.29. The molecule has 0 aliphatic heterocycles. The summed E-state index contributed by atoms with van der Waals surface area (Å²) in [6.07, 6.45) is 0.584. The van der Waals surface area contributed by atoms with Gasteiger partial charge in [0.25, 0.3) is 0 Å². The molecule has 1 aromatic carbocycles. The zero-order valence-electron chi connectivity index (χ0n) is 11.8. The van der Waals surface area contributed by atoms with E-state index in [0.29, 0.717) is 17.1 Å². The van der Waals surface area contributed by atoms with Gasteiger partial charge in [0.2, 0.25) is 0 Å². The van der Waals surface area contributed by atoms with E-state index < -0.39 is 11.9 Å². The Balaban J connectivity index is 2.13. The predicted octanol–water partition coefficient (Wildman–Crippen LogP) is 2.38. The molecule has 21 heavy (non-hydrogen) atoms. The fourth-order valence-corrected chi connectivity index (χ4v) is 1.92. The van der Waals surface area contributed by atoms with Crippen LogP contribution in [-0.2, 0) is 0 Å². The van der Waals surface area contributed by atoms with Crippen LogP contribution in [0, 0.1) is 5.82 Å². The summed E-state index contributed by atoms with van der Waals surface area (Å²) in [5, 5.41) is 13.0. The van der Waals surface area contributed by atoms with E-state index in [-0.39, 0.29) is 12.4 Å². The molecule has 1 heterocycles. The van der Waals surface area contributed by atoms with Crippen LogP contribution in [0.2, 0.25) is 0 Å². The third kappa shape index (κ3) is 3.61. The van der Waals surface area contributed by atoms with Crippen LogP contribution in [0.4, 0.5) is 10.2 Å². The topological polar surface area (TPSA) is 63.6 Å². The first-order chi connectivity index (χ1) is 10.2. The number of aliphatic hydroxyl groups excluding tert-OH is 1. The van der Waals surface area contributed by atoms with E-state index in [9.17, 15) is 9.50 Å². The van der Waals surface area contributed by atoms with Crippen molar-refractivity contribution in [1.82, 2.24) is 4.98 Å². The highest BCUT2D eigenvalue weighted by molar-refractivity contribution is 5.43. The van der Waals surface area contributed by atoms with Gasteiger partial charge in [0.1, 0.15) is 11.5 Å². The Hall–Kier alpha value is -2.34. The van der Waals surface area contributed by atoms with Crippen molar-refractivity contribution in [3.63, 3.8) is 0 Å². The lowest BCUT2D eigenvalue weighted by Gasteiger charge is -2.17. The summed E-state index contributed by atoms with van der Waals surface area (Å²) in [7, 11) is 3.06. The van der Waals surface area contributed by atoms with Crippen LogP contribution in [0.5, 0.6) is 11.5 Å². The van der Waals surface area contributed by atoms with Gasteiger partial charge >= 0.3 is 0 Å². The third-order valence-corrected chi connectivity index (χ3v) is 3.02. The molecular weight excluding hydrogens is 275 g/mol. The Kier molecular flexibility index (Phi) is 4.94. The van der Waals surface area contributed by atoms with Crippen molar-refractivity contribution in [3.8, 4) is 11.5 Å². The van der Waals surface area contributed by atoms with Crippen LogP contribution < -0.4 is 14.8 Å². The second-order valence-corrected chi connectivity index (χ2v) is 4.34. The molecule has 1 unspecified atom stereocenters. The fourth-order valence-electron chi connectivity index (χ4n) is 1.92. The molecule has 2 aromatic rings. The first-order valence-corrected chi connectivity index (χ1v) is 6.40. The molecule has 5 nitrogen and oxygen atoms in total. The fraction of sp³-hybridized carbons (Fsp3) is 0.267. The summed E-state index contributed by atoms with van der Waals surface area (Å²) in [6.45, 7) is 0.0947. The van der Waals surface area contributed by atoms with Gasteiger partial charge in [-0.2, -0.15) is 0 Å². The summed E-state index contributed by atoms with van der Waals surface area (Å²) in [6, 6.07) is 7.93. The first-order valence-electron chi connectivity index (χ1n) is 6.40. The third-order valence-electron chi connectivity index (χ3n) is 3.02. The van der Waals surface area contributed by atoms with Gasteiger partial charge in [0, 0.05) is 18.3 Å². The van der Waals surface area contributed by atoms with Crippen LogP contribution >= 0.6 is 0 Å². The van der Waals surface area contributed by atoms with Crippen molar-refractivity contribution in [3.05, 3.63) is 47.9 Å². The largest absolute Gasteiger partial charge is 0.497 e. The molecule has 0 aliphatic carbocycles. The SMILES string of the molecule is COc1ccc(OC)c(C(O)CNc2ncccc2F)c1. The van der Waals surface area contributed by atoms with Crippen molar-refractivity contribution < 1.29 is 19.0 Å². The van der Waals surface area contributed by atoms with E-state index in [0.717, 1.165) is 0 Å². The van der Waals surface area contributed by atoms with E-state index in [1.54, 1.807) is 25.3 Å². The van der Waals surface area contributed by atoms with Gasteiger partial charge in [-0.15, -0.1) is 0 Å². The highest BCUT2D eigenvalue weighted by atomic mass is 19.1. The number of methoxy groups -OCH3 is 2. The Morgan fingerprint density at radius 1 is 1.29 bits per heavy atom. The molecule has 0 fully saturated rings. The molecular formula is C15H17FN2O3. The molecule has 2 N–H and O–H groups in total. The standard InChI is InChI=1S/C15H17FN2O3/c1-20-10-5-6-14(21-2)11(8-10)13(19)9-18-15-12(16)4-3-7-17-15/h3-8,13,19H,9H2,1-2H3,(H,17,18). The zero-order chi connectivity index (χ0) is 15.2. The molecule has 0 amide bonds. The molecule has 1 atom stereocenters. The van der Waals surface area contributed by atoms with Gasteiger partial charge in [0.15, 0.2) is 11.6 Å². The Labute approximate surface area is 122 Å². The summed E-state index contributed by atoms with van der Waals surface area (Å²) < 4.78 is 23.8. The minimum absolute atomic E-state index is 0.0947. The predicted molar refractivity (Wildman–Crippen MR) is 77.2 cm³/mol. The number of hydrogen-bond donors (Lipinski definition) is 2. The van der Waals surface area contributed by atoms with Gasteiger partial charge in [-0.3, -0.25) is 0 Å². The number of ether oxygens (including phenoxy) is 2. The number of aliphatic hydroxyl groups is 1. The number of aromatic nitrogens is 1. The molecule has 0 radical (unpaired) electrons. The number of nitrogens with zero attached hydrogens (tertiary/aromatic N) is 1. The van der Waals surface area contributed by atoms with E-state index in [4.69, 9.17) is 9.47 Å². The Morgan fingerprint density at radius 3 is 2.76 bits per heavy atom. The van der Waals surface area contributed by atoms with Crippen molar-refractivity contribution >= 4 is 5.82 Å². The molecule has 112 valence electrons. The second-order valence-electron chi connectivity index (χ2n) is 4.34. The summed E-state index contributed by atoms with van der Waals surface area (Å²) in [5.74, 6) is 0.765. The minimum Gasteiger partial charge on any atom is -0.497 e. The second kappa shape index (κ2) is 6.90. The van der Waals surface area contributed by atoms with Crippen molar-refractivity contribution in [2.24, 2.45) is 0 Å². The lowest BCUT2D eigenvalue weighted by molar-refractivity contribution is 0.186. The van der Waals surface area contributed by atoms with E-state index in [1.165, 1.54) is 25.4 Å². The van der Waals surface area contributed by atoms with Crippen LogP contribution in [0.1, 0.15) is 11.7 Å². The number of benzene rings is 1. The Bertz CT molecular complexity index is 607. The summed E-state index contributed by atoms with van der Waals surface area (Å²) in [4.78, 5) is 3.87. The maximum absolute atomic E-state index is 13.5. The highest BCUT2D eigenvalue weighted by Gasteiger charge is 2.15. The van der Waals surface area contributed by atoms with E-state index in [2.05, 4.69) is 10.3 Å². The number of pyridine rings is 1. The number of rotatable bonds is 6. The quantitative estimate of drug-likeness (QED) is 0.856. The van der Waals surface area contributed by atoms with Gasteiger partial charge < -0.3 is 19.9 Å². The normalized spacial score (nSPS) is 11.8. The maximum atomic E-state index is 13.5. The van der Waals surface area contributed by atoms with Gasteiger partial charge in [-0.1, -0.05) is 0 Å². The lowest BCUT2D eigenvalue weighted by Crippen LogP contribution is -2.14. The lowest BCUT2D eigenvalue weighted by atomic mass is 10.1. The maximum Gasteiger partial charge on any atom is 0.165 e. The molecule has 6 heteroatoms. The zero-order valence-corrected chi connectivity index (χ0v) is 11.8. The first kappa shape index (κ1) is 15.1. The summed E-state index contributed by atoms with van der Waals surface area (Å²) >= 11 is 0. The van der Waals surface area contributed by atoms with Crippen molar-refractivity contribution in [2.75, 3.05) is 26.1 Å². The molecule has 2 rings (SSSR count). The van der Waals surface area contributed by atoms with E-state index >= 15 is 0 Å². The average molecular weight is 292 g/mol. The van der Waals surface area contributed by atoms with Gasteiger partial charge in [-0.05, 0) is 30.3 Å². The average Bonchev–Trinajstić information content (AvgIpc) is 2.53. The van der Waals surface area contributed by atoms with Gasteiger partial charge in [0.05, 0.1) is 20.3 Å². The number of halogens is 1. The monoisotopic (exact) mass is 292 g/mol. The van der Waals surface area contributed by atoms with Crippen molar-refractivity contribution in [1.29, 1.82) is 0 Å². The van der Waals surface area contributed by atoms with Crippen LogP contribution in [0.25, 0.3) is 0 Å². The van der Waals surface area contributed by atoms with Crippen molar-refractivity contribution in [2.45, 2.75) is 6.10 Å². The number of anilines is 1. The molecule has 0 spiro atoms. The van der Waals surface area contributed by atoms with Crippen LogP contribution in [0.3, 0.4) is 0 Å². The number of hydrogen-bond acceptors (Lipinski definition) is 5. The minimum atomic E-state index is -0.892. The molecule has 0 bridgehead atoms. The summed E-state index contributed by atoms with van der Waals surface area (Å²) in [5.41, 5.74) is 0.556. The van der Waals surface area contributed by atoms with E-state index in [1.807, 2.05) is 0 Å².